The van der Waals surface area contributed by atoms with E-state index in [9.17, 15) is 14.7 Å². The van der Waals surface area contributed by atoms with Crippen molar-refractivity contribution in [3.05, 3.63) is 22.4 Å². The lowest BCUT2D eigenvalue weighted by Crippen LogP contribution is -2.50. The molecule has 1 amide bonds. The first-order valence-electron chi connectivity index (χ1n) is 5.36. The number of hydrogen-bond donors (Lipinski definition) is 0. The number of carbonyl (C=O) groups excluding carboxylic acids is 2. The molecule has 0 aliphatic carbocycles. The lowest BCUT2D eigenvalue weighted by Gasteiger charge is -2.33. The van der Waals surface area contributed by atoms with Crippen LogP contribution in [0.4, 0.5) is 0 Å². The summed E-state index contributed by atoms with van der Waals surface area (Å²) in [6.07, 6.45) is 1.12. The molecule has 2 saturated heterocycles. The standard InChI is InChI=1S/C11H11NO3S2/c13-9-3-4-11(8-2-1-5-16-8)12(9)7(6-17-11)10(14)15/h1-2,5,7H,3-4,6H2,(H,14,15)/p-1/t7-,11+/m1/s1. The zero-order chi connectivity index (χ0) is 12.0. The first-order chi connectivity index (χ1) is 8.15. The number of hydrogen-bond acceptors (Lipinski definition) is 5. The molecule has 17 heavy (non-hydrogen) atoms. The Balaban J connectivity index is 2.06. The fraction of sp³-hybridized carbons (Fsp3) is 0.455. The van der Waals surface area contributed by atoms with E-state index in [0.29, 0.717) is 18.6 Å². The molecule has 0 spiro atoms. The van der Waals surface area contributed by atoms with Gasteiger partial charge in [0, 0.05) is 17.1 Å². The molecular weight excluding hydrogens is 258 g/mol. The van der Waals surface area contributed by atoms with Crippen LogP contribution in [0.25, 0.3) is 0 Å². The second kappa shape index (κ2) is 3.74. The lowest BCUT2D eigenvalue weighted by atomic mass is 10.1. The zero-order valence-electron chi connectivity index (χ0n) is 8.92. The summed E-state index contributed by atoms with van der Waals surface area (Å²) in [5, 5.41) is 13.0. The maximum Gasteiger partial charge on any atom is 0.224 e. The quantitative estimate of drug-likeness (QED) is 0.778. The topological polar surface area (TPSA) is 60.4 Å². The van der Waals surface area contributed by atoms with Crippen LogP contribution in [0, 0.1) is 0 Å². The van der Waals surface area contributed by atoms with Crippen LogP contribution in [0.1, 0.15) is 17.7 Å². The molecule has 90 valence electrons. The maximum atomic E-state index is 11.9. The van der Waals surface area contributed by atoms with Crippen molar-refractivity contribution in [3.8, 4) is 0 Å². The number of fused-ring (bicyclic) bond motifs is 1. The normalized spacial score (nSPS) is 31.9. The van der Waals surface area contributed by atoms with Crippen LogP contribution < -0.4 is 5.11 Å². The van der Waals surface area contributed by atoms with E-state index in [1.165, 1.54) is 4.90 Å². The summed E-state index contributed by atoms with van der Waals surface area (Å²) >= 11 is 3.13. The van der Waals surface area contributed by atoms with Crippen LogP contribution in [0.3, 0.4) is 0 Å². The Labute approximate surface area is 107 Å². The molecule has 2 aliphatic heterocycles. The highest BCUT2D eigenvalue weighted by atomic mass is 32.2. The maximum absolute atomic E-state index is 11.9. The van der Waals surface area contributed by atoms with Crippen molar-refractivity contribution in [1.82, 2.24) is 4.90 Å². The second-order valence-corrected chi connectivity index (χ2v) is 6.42. The van der Waals surface area contributed by atoms with Crippen LogP contribution in [0.5, 0.6) is 0 Å². The molecule has 0 bridgehead atoms. The summed E-state index contributed by atoms with van der Waals surface area (Å²) in [5.74, 6) is -0.796. The predicted molar refractivity (Wildman–Crippen MR) is 63.3 cm³/mol. The van der Waals surface area contributed by atoms with Gasteiger partial charge in [0.25, 0.3) is 0 Å². The fourth-order valence-electron chi connectivity index (χ4n) is 2.56. The molecule has 0 unspecified atom stereocenters. The van der Waals surface area contributed by atoms with Crippen molar-refractivity contribution < 1.29 is 14.7 Å². The van der Waals surface area contributed by atoms with E-state index < -0.39 is 16.9 Å². The first-order valence-corrected chi connectivity index (χ1v) is 7.23. The SMILES string of the molecule is O=C([O-])[C@H]1CS[C@]2(c3cccs3)CCC(=O)N12. The summed E-state index contributed by atoms with van der Waals surface area (Å²) in [5.41, 5.74) is 0. The Morgan fingerprint density at radius 2 is 2.41 bits per heavy atom. The third kappa shape index (κ3) is 1.43. The molecule has 0 radical (unpaired) electrons. The molecule has 1 aromatic rings. The van der Waals surface area contributed by atoms with Gasteiger partial charge in [-0.25, -0.2) is 0 Å². The van der Waals surface area contributed by atoms with Crippen molar-refractivity contribution in [3.63, 3.8) is 0 Å². The molecular formula is C11H10NO3S2-. The number of amides is 1. The Kier molecular flexibility index (Phi) is 2.45. The fourth-order valence-corrected chi connectivity index (χ4v) is 5.27. The van der Waals surface area contributed by atoms with Gasteiger partial charge < -0.3 is 14.8 Å². The van der Waals surface area contributed by atoms with Crippen molar-refractivity contribution in [2.75, 3.05) is 5.75 Å². The van der Waals surface area contributed by atoms with E-state index in [1.54, 1.807) is 23.1 Å². The number of thioether (sulfide) groups is 1. The van der Waals surface area contributed by atoms with Gasteiger partial charge in [-0.3, -0.25) is 4.79 Å². The molecule has 0 saturated carbocycles. The highest BCUT2D eigenvalue weighted by Gasteiger charge is 2.55. The van der Waals surface area contributed by atoms with E-state index in [0.717, 1.165) is 4.88 Å². The number of carboxylic acids is 1. The largest absolute Gasteiger partial charge is 0.548 e. The number of carboxylic acid groups (broad SMARTS) is 1. The van der Waals surface area contributed by atoms with Gasteiger partial charge in [0.05, 0.1) is 12.0 Å². The predicted octanol–water partition coefficient (Wildman–Crippen LogP) is 0.389. The molecule has 3 heterocycles. The minimum atomic E-state index is -1.15. The summed E-state index contributed by atoms with van der Waals surface area (Å²) < 4.78 is 0. The summed E-state index contributed by atoms with van der Waals surface area (Å²) in [6.45, 7) is 0. The van der Waals surface area contributed by atoms with Gasteiger partial charge >= 0.3 is 0 Å². The van der Waals surface area contributed by atoms with E-state index in [-0.39, 0.29) is 5.91 Å². The van der Waals surface area contributed by atoms with E-state index in [1.807, 2.05) is 17.5 Å². The number of nitrogens with zero attached hydrogens (tertiary/aromatic N) is 1. The van der Waals surface area contributed by atoms with Crippen LogP contribution >= 0.6 is 23.1 Å². The van der Waals surface area contributed by atoms with Gasteiger partial charge in [0.15, 0.2) is 0 Å². The number of carbonyl (C=O) groups is 2. The molecule has 2 fully saturated rings. The van der Waals surface area contributed by atoms with Crippen molar-refractivity contribution in [2.45, 2.75) is 23.8 Å². The molecule has 4 nitrogen and oxygen atoms in total. The molecule has 3 rings (SSSR count). The lowest BCUT2D eigenvalue weighted by molar-refractivity contribution is -0.310. The molecule has 2 aliphatic rings. The molecule has 2 atom stereocenters. The van der Waals surface area contributed by atoms with Gasteiger partial charge in [-0.05, 0) is 17.9 Å². The number of thiophene rings is 1. The molecule has 1 aromatic heterocycles. The number of rotatable bonds is 2. The summed E-state index contributed by atoms with van der Waals surface area (Å²) in [7, 11) is 0. The van der Waals surface area contributed by atoms with Crippen LogP contribution in [-0.2, 0) is 14.5 Å². The highest BCUT2D eigenvalue weighted by molar-refractivity contribution is 8.00. The van der Waals surface area contributed by atoms with Gasteiger partial charge in [0.1, 0.15) is 4.87 Å². The van der Waals surface area contributed by atoms with Gasteiger partial charge in [-0.2, -0.15) is 0 Å². The Hall–Kier alpha value is -1.01. The molecule has 6 heteroatoms. The van der Waals surface area contributed by atoms with Crippen molar-refractivity contribution >= 4 is 35.0 Å². The van der Waals surface area contributed by atoms with Gasteiger partial charge in [-0.1, -0.05) is 6.07 Å². The third-order valence-electron chi connectivity index (χ3n) is 3.31. The zero-order valence-corrected chi connectivity index (χ0v) is 10.6. The van der Waals surface area contributed by atoms with Crippen molar-refractivity contribution in [2.24, 2.45) is 0 Å². The number of aliphatic carboxylic acids is 1. The monoisotopic (exact) mass is 268 g/mol. The van der Waals surface area contributed by atoms with Gasteiger partial charge in [-0.15, -0.1) is 23.1 Å². The van der Waals surface area contributed by atoms with Crippen LogP contribution in [-0.4, -0.2) is 28.6 Å². The summed E-state index contributed by atoms with van der Waals surface area (Å²) in [6, 6.07) is 3.13. The minimum absolute atomic E-state index is 0.0717. The minimum Gasteiger partial charge on any atom is -0.548 e. The second-order valence-electron chi connectivity index (χ2n) is 4.17. The van der Waals surface area contributed by atoms with E-state index >= 15 is 0 Å². The Bertz CT molecular complexity index is 473. The Morgan fingerprint density at radius 1 is 1.59 bits per heavy atom. The molecule has 0 N–H and O–H groups in total. The first kappa shape index (κ1) is 11.1. The average Bonchev–Trinajstić information content (AvgIpc) is 2.95. The van der Waals surface area contributed by atoms with E-state index in [2.05, 4.69) is 0 Å². The molecule has 0 aromatic carbocycles. The van der Waals surface area contributed by atoms with Crippen LogP contribution in [0.15, 0.2) is 17.5 Å². The Morgan fingerprint density at radius 3 is 3.06 bits per heavy atom. The van der Waals surface area contributed by atoms with Crippen LogP contribution in [0.2, 0.25) is 0 Å². The van der Waals surface area contributed by atoms with Crippen molar-refractivity contribution in [1.29, 1.82) is 0 Å². The highest BCUT2D eigenvalue weighted by Crippen LogP contribution is 2.55. The van der Waals surface area contributed by atoms with E-state index in [4.69, 9.17) is 0 Å². The third-order valence-corrected chi connectivity index (χ3v) is 6.04. The summed E-state index contributed by atoms with van der Waals surface area (Å²) in [4.78, 5) is 25.1. The van der Waals surface area contributed by atoms with Gasteiger partial charge in [0.2, 0.25) is 5.91 Å². The average molecular weight is 268 g/mol. The smallest absolute Gasteiger partial charge is 0.224 e.